The normalized spacial score (nSPS) is 24.1. The summed E-state index contributed by atoms with van der Waals surface area (Å²) in [6.07, 6.45) is 2.14. The number of piperidine rings is 1. The highest BCUT2D eigenvalue weighted by atomic mass is 35.5. The summed E-state index contributed by atoms with van der Waals surface area (Å²) >= 11 is 0. The molecule has 2 unspecified atom stereocenters. The molecule has 2 fully saturated rings. The van der Waals surface area contributed by atoms with E-state index < -0.39 is 5.91 Å². The third-order valence-electron chi connectivity index (χ3n) is 4.34. The predicted octanol–water partition coefficient (Wildman–Crippen LogP) is 1.03. The summed E-state index contributed by atoms with van der Waals surface area (Å²) in [4.78, 5) is 25.6. The topological polar surface area (TPSA) is 75.4 Å². The molecule has 0 bridgehead atoms. The second kappa shape index (κ2) is 6.45. The maximum atomic E-state index is 12.5. The largest absolute Gasteiger partial charge is 0.366 e. The second-order valence-electron chi connectivity index (χ2n) is 5.59. The monoisotopic (exact) mass is 309 g/mol. The zero-order valence-corrected chi connectivity index (χ0v) is 12.6. The quantitative estimate of drug-likeness (QED) is 0.857. The van der Waals surface area contributed by atoms with Gasteiger partial charge in [-0.3, -0.25) is 9.59 Å². The number of nitrogens with two attached hydrogens (primary N) is 1. The first-order valence-corrected chi connectivity index (χ1v) is 7.07. The van der Waals surface area contributed by atoms with E-state index >= 15 is 0 Å². The molecule has 2 aliphatic rings. The molecule has 0 aromatic heterocycles. The molecule has 1 aromatic rings. The van der Waals surface area contributed by atoms with Crippen LogP contribution >= 0.6 is 12.4 Å². The standard InChI is InChI=1S/C15H19N3O2.ClH/c16-14(19)10-2-1-3-11(8-10)15(20)18-7-5-13-12(9-18)4-6-17-13;/h1-3,8,12-13,17H,4-7,9H2,(H2,16,19);1H. The first kappa shape index (κ1) is 15.8. The summed E-state index contributed by atoms with van der Waals surface area (Å²) < 4.78 is 0. The lowest BCUT2D eigenvalue weighted by atomic mass is 9.93. The lowest BCUT2D eigenvalue weighted by Gasteiger charge is -2.35. The van der Waals surface area contributed by atoms with Crippen molar-refractivity contribution in [1.82, 2.24) is 10.2 Å². The van der Waals surface area contributed by atoms with E-state index in [2.05, 4.69) is 5.32 Å². The fourth-order valence-corrected chi connectivity index (χ4v) is 3.22. The van der Waals surface area contributed by atoms with Gasteiger partial charge in [0.05, 0.1) is 0 Å². The van der Waals surface area contributed by atoms with Gasteiger partial charge in [-0.25, -0.2) is 0 Å². The van der Waals surface area contributed by atoms with Crippen LogP contribution in [0.1, 0.15) is 33.6 Å². The molecule has 2 atom stereocenters. The molecular formula is C15H20ClN3O2. The second-order valence-corrected chi connectivity index (χ2v) is 5.59. The van der Waals surface area contributed by atoms with Crippen LogP contribution in [0.2, 0.25) is 0 Å². The zero-order valence-electron chi connectivity index (χ0n) is 11.7. The minimum atomic E-state index is -0.502. The molecule has 0 spiro atoms. The summed E-state index contributed by atoms with van der Waals surface area (Å²) in [5.74, 6) is 0.0591. The SMILES string of the molecule is Cl.NC(=O)c1cccc(C(=O)N2CCC3NCCC3C2)c1. The number of hydrogen-bond donors (Lipinski definition) is 2. The Balaban J connectivity index is 0.00000161. The Labute approximate surface area is 130 Å². The van der Waals surface area contributed by atoms with E-state index in [-0.39, 0.29) is 18.3 Å². The number of carbonyl (C=O) groups is 2. The number of fused-ring (bicyclic) bond motifs is 1. The Morgan fingerprint density at radius 3 is 2.76 bits per heavy atom. The summed E-state index contributed by atoms with van der Waals surface area (Å²) in [7, 11) is 0. The van der Waals surface area contributed by atoms with Gasteiger partial charge in [0.15, 0.2) is 0 Å². The van der Waals surface area contributed by atoms with Crippen LogP contribution < -0.4 is 11.1 Å². The minimum absolute atomic E-state index is 0. The van der Waals surface area contributed by atoms with E-state index in [0.29, 0.717) is 23.1 Å². The molecule has 0 aliphatic carbocycles. The average molecular weight is 310 g/mol. The van der Waals surface area contributed by atoms with Crippen LogP contribution in [0.3, 0.4) is 0 Å². The summed E-state index contributed by atoms with van der Waals surface area (Å²) in [6.45, 7) is 2.62. The summed E-state index contributed by atoms with van der Waals surface area (Å²) in [5.41, 5.74) is 6.19. The van der Waals surface area contributed by atoms with Crippen molar-refractivity contribution in [2.24, 2.45) is 11.7 Å². The van der Waals surface area contributed by atoms with E-state index in [1.165, 1.54) is 0 Å². The van der Waals surface area contributed by atoms with Crippen molar-refractivity contribution in [2.45, 2.75) is 18.9 Å². The fourth-order valence-electron chi connectivity index (χ4n) is 3.22. The van der Waals surface area contributed by atoms with Gasteiger partial charge in [-0.15, -0.1) is 12.4 Å². The van der Waals surface area contributed by atoms with Crippen molar-refractivity contribution >= 4 is 24.2 Å². The van der Waals surface area contributed by atoms with Crippen molar-refractivity contribution < 1.29 is 9.59 Å². The van der Waals surface area contributed by atoms with E-state index in [1.807, 2.05) is 4.90 Å². The minimum Gasteiger partial charge on any atom is -0.366 e. The van der Waals surface area contributed by atoms with Gasteiger partial charge in [-0.2, -0.15) is 0 Å². The van der Waals surface area contributed by atoms with Gasteiger partial charge >= 0.3 is 0 Å². The molecule has 2 heterocycles. The summed E-state index contributed by atoms with van der Waals surface area (Å²) in [6, 6.07) is 7.23. The number of amides is 2. The maximum Gasteiger partial charge on any atom is 0.253 e. The highest BCUT2D eigenvalue weighted by Crippen LogP contribution is 2.25. The van der Waals surface area contributed by atoms with Crippen LogP contribution in [-0.4, -0.2) is 42.4 Å². The lowest BCUT2D eigenvalue weighted by molar-refractivity contribution is 0.0662. The molecule has 114 valence electrons. The lowest BCUT2D eigenvalue weighted by Crippen LogP contribution is -2.46. The van der Waals surface area contributed by atoms with E-state index in [0.717, 1.165) is 32.5 Å². The van der Waals surface area contributed by atoms with Gasteiger partial charge in [0, 0.05) is 30.3 Å². The Bertz CT molecular complexity index is 549. The Hall–Kier alpha value is -1.59. The highest BCUT2D eigenvalue weighted by molar-refractivity contribution is 5.99. The molecule has 2 amide bonds. The number of halogens is 1. The number of hydrogen-bond acceptors (Lipinski definition) is 3. The van der Waals surface area contributed by atoms with Crippen LogP contribution in [0, 0.1) is 5.92 Å². The number of nitrogens with one attached hydrogen (secondary N) is 1. The number of primary amides is 1. The molecule has 0 saturated carbocycles. The molecule has 0 radical (unpaired) electrons. The maximum absolute atomic E-state index is 12.5. The van der Waals surface area contributed by atoms with Crippen LogP contribution in [-0.2, 0) is 0 Å². The predicted molar refractivity (Wildman–Crippen MR) is 82.6 cm³/mol. The molecule has 6 heteroatoms. The Morgan fingerprint density at radius 2 is 2.00 bits per heavy atom. The zero-order chi connectivity index (χ0) is 14.1. The van der Waals surface area contributed by atoms with Gasteiger partial charge in [0.25, 0.3) is 5.91 Å². The van der Waals surface area contributed by atoms with Crippen molar-refractivity contribution in [3.63, 3.8) is 0 Å². The fraction of sp³-hybridized carbons (Fsp3) is 0.467. The molecule has 3 rings (SSSR count). The number of likely N-dealkylation sites (tertiary alicyclic amines) is 1. The first-order valence-electron chi connectivity index (χ1n) is 7.07. The Kier molecular flexibility index (Phi) is 4.85. The average Bonchev–Trinajstić information content (AvgIpc) is 2.94. The molecule has 21 heavy (non-hydrogen) atoms. The highest BCUT2D eigenvalue weighted by Gasteiger charge is 2.34. The molecule has 3 N–H and O–H groups in total. The van der Waals surface area contributed by atoms with Crippen LogP contribution in [0.15, 0.2) is 24.3 Å². The number of benzene rings is 1. The van der Waals surface area contributed by atoms with Crippen molar-refractivity contribution in [2.75, 3.05) is 19.6 Å². The molecule has 2 aliphatic heterocycles. The van der Waals surface area contributed by atoms with Crippen molar-refractivity contribution in [3.8, 4) is 0 Å². The van der Waals surface area contributed by atoms with Gasteiger partial charge < -0.3 is 16.0 Å². The van der Waals surface area contributed by atoms with Gasteiger partial charge in [-0.1, -0.05) is 6.07 Å². The first-order chi connectivity index (χ1) is 9.65. The number of carbonyl (C=O) groups excluding carboxylic acids is 2. The number of rotatable bonds is 2. The molecular weight excluding hydrogens is 290 g/mol. The smallest absolute Gasteiger partial charge is 0.253 e. The van der Waals surface area contributed by atoms with Crippen molar-refractivity contribution in [3.05, 3.63) is 35.4 Å². The van der Waals surface area contributed by atoms with Crippen LogP contribution in [0.4, 0.5) is 0 Å². The van der Waals surface area contributed by atoms with Crippen LogP contribution in [0.25, 0.3) is 0 Å². The molecule has 1 aromatic carbocycles. The third-order valence-corrected chi connectivity index (χ3v) is 4.34. The van der Waals surface area contributed by atoms with Gasteiger partial charge in [0.1, 0.15) is 0 Å². The van der Waals surface area contributed by atoms with Crippen LogP contribution in [0.5, 0.6) is 0 Å². The summed E-state index contributed by atoms with van der Waals surface area (Å²) in [5, 5.41) is 3.48. The molecule has 2 saturated heterocycles. The third kappa shape index (κ3) is 3.19. The van der Waals surface area contributed by atoms with E-state index in [4.69, 9.17) is 5.73 Å². The molecule has 5 nitrogen and oxygen atoms in total. The van der Waals surface area contributed by atoms with E-state index in [9.17, 15) is 9.59 Å². The van der Waals surface area contributed by atoms with Crippen molar-refractivity contribution in [1.29, 1.82) is 0 Å². The Morgan fingerprint density at radius 1 is 1.24 bits per heavy atom. The van der Waals surface area contributed by atoms with Gasteiger partial charge in [0.2, 0.25) is 5.91 Å². The number of nitrogens with zero attached hydrogens (tertiary/aromatic N) is 1. The van der Waals surface area contributed by atoms with Gasteiger partial charge in [-0.05, 0) is 43.5 Å². The van der Waals surface area contributed by atoms with E-state index in [1.54, 1.807) is 24.3 Å².